The second kappa shape index (κ2) is 12.6. The van der Waals surface area contributed by atoms with Crippen LogP contribution in [-0.4, -0.2) is 64.2 Å². The lowest BCUT2D eigenvalue weighted by atomic mass is 10.2. The van der Waals surface area contributed by atoms with Gasteiger partial charge in [-0.05, 0) is 6.92 Å². The zero-order valence-corrected chi connectivity index (χ0v) is 18.2. The van der Waals surface area contributed by atoms with Gasteiger partial charge in [0, 0.05) is 30.4 Å². The number of aryl methyl sites for hydroxylation is 1. The Balaban J connectivity index is 1.69. The van der Waals surface area contributed by atoms with E-state index in [0.29, 0.717) is 44.0 Å². The predicted molar refractivity (Wildman–Crippen MR) is 109 cm³/mol. The van der Waals surface area contributed by atoms with Crippen LogP contribution in [0.4, 0.5) is 0 Å². The van der Waals surface area contributed by atoms with Crippen LogP contribution in [0.5, 0.6) is 0 Å². The van der Waals surface area contributed by atoms with Gasteiger partial charge in [-0.25, -0.2) is 4.79 Å². The Kier molecular flexibility index (Phi) is 10.5. The Morgan fingerprint density at radius 2 is 2.21 bits per heavy atom. The highest BCUT2D eigenvalue weighted by atomic mass is 32.2. The van der Waals surface area contributed by atoms with Crippen LogP contribution in [0.3, 0.4) is 0 Å². The predicted octanol–water partition coefficient (Wildman–Crippen LogP) is 0.722. The summed E-state index contributed by atoms with van der Waals surface area (Å²) in [7, 11) is -0.272. The van der Waals surface area contributed by atoms with Gasteiger partial charge in [0.2, 0.25) is 0 Å². The maximum absolute atomic E-state index is 12.0. The SMILES string of the molecule is CCC(=O)SCCOCCOPO[C@@H]1C[C@H](n2cc(C)c(=O)[nH]c2=O)O[C@@H]1CO. The third-order valence-electron chi connectivity index (χ3n) is 4.18. The van der Waals surface area contributed by atoms with Gasteiger partial charge in [0.25, 0.3) is 5.56 Å². The fraction of sp³-hybridized carbons (Fsp3) is 0.706. The van der Waals surface area contributed by atoms with Gasteiger partial charge in [0.15, 0.2) is 14.1 Å². The van der Waals surface area contributed by atoms with Crippen LogP contribution in [0.1, 0.15) is 31.6 Å². The summed E-state index contributed by atoms with van der Waals surface area (Å²) in [5.41, 5.74) is -0.623. The summed E-state index contributed by atoms with van der Waals surface area (Å²) in [6.07, 6.45) is 0.608. The van der Waals surface area contributed by atoms with Gasteiger partial charge in [-0.15, -0.1) is 0 Å². The van der Waals surface area contributed by atoms with Crippen molar-refractivity contribution in [3.63, 3.8) is 0 Å². The van der Waals surface area contributed by atoms with Crippen LogP contribution < -0.4 is 11.2 Å². The smallest absolute Gasteiger partial charge is 0.330 e. The molecule has 2 rings (SSSR count). The summed E-state index contributed by atoms with van der Waals surface area (Å²) in [6.45, 7) is 4.35. The lowest BCUT2D eigenvalue weighted by molar-refractivity contribution is -0.110. The zero-order chi connectivity index (χ0) is 21.2. The Bertz CT molecular complexity index is 771. The molecule has 1 aromatic heterocycles. The van der Waals surface area contributed by atoms with Crippen molar-refractivity contribution in [1.29, 1.82) is 0 Å². The third kappa shape index (κ3) is 7.60. The second-order valence-corrected chi connectivity index (χ2v) is 8.14. The number of rotatable bonds is 12. The Labute approximate surface area is 174 Å². The van der Waals surface area contributed by atoms with E-state index in [-0.39, 0.29) is 20.8 Å². The number of hydrogen-bond acceptors (Lipinski definition) is 9. The summed E-state index contributed by atoms with van der Waals surface area (Å²) in [6, 6.07) is 0. The van der Waals surface area contributed by atoms with Crippen molar-refractivity contribution in [2.45, 2.75) is 45.1 Å². The minimum absolute atomic E-state index is 0.148. The van der Waals surface area contributed by atoms with Crippen molar-refractivity contribution in [3.05, 3.63) is 32.6 Å². The van der Waals surface area contributed by atoms with Gasteiger partial charge >= 0.3 is 5.69 Å². The molecular weight excluding hydrogens is 423 g/mol. The van der Waals surface area contributed by atoms with E-state index >= 15 is 0 Å². The van der Waals surface area contributed by atoms with Crippen molar-refractivity contribution in [2.75, 3.05) is 32.2 Å². The van der Waals surface area contributed by atoms with Crippen LogP contribution >= 0.6 is 20.8 Å². The molecule has 0 bridgehead atoms. The number of H-pyrrole nitrogens is 1. The van der Waals surface area contributed by atoms with Crippen LogP contribution in [0.15, 0.2) is 15.8 Å². The molecule has 4 atom stereocenters. The van der Waals surface area contributed by atoms with E-state index in [4.69, 9.17) is 18.5 Å². The summed E-state index contributed by atoms with van der Waals surface area (Å²) >= 11 is 1.26. The van der Waals surface area contributed by atoms with E-state index in [1.165, 1.54) is 22.5 Å². The molecule has 2 N–H and O–H groups in total. The average Bonchev–Trinajstić information content (AvgIpc) is 3.12. The lowest BCUT2D eigenvalue weighted by Crippen LogP contribution is -2.33. The van der Waals surface area contributed by atoms with Gasteiger partial charge in [0.1, 0.15) is 12.3 Å². The van der Waals surface area contributed by atoms with E-state index in [1.54, 1.807) is 6.92 Å². The minimum Gasteiger partial charge on any atom is -0.394 e. The van der Waals surface area contributed by atoms with Crippen molar-refractivity contribution >= 4 is 25.9 Å². The van der Waals surface area contributed by atoms with E-state index in [2.05, 4.69) is 4.98 Å². The molecule has 0 saturated carbocycles. The number of aliphatic hydroxyl groups excluding tert-OH is 1. The first kappa shape index (κ1) is 24.2. The normalized spacial score (nSPS) is 22.0. The number of carbonyl (C=O) groups excluding carboxylic acids is 1. The molecule has 2 heterocycles. The molecule has 12 heteroatoms. The fourth-order valence-electron chi connectivity index (χ4n) is 2.62. The number of ether oxygens (including phenoxy) is 2. The van der Waals surface area contributed by atoms with E-state index < -0.39 is 29.7 Å². The molecule has 1 unspecified atom stereocenters. The zero-order valence-electron chi connectivity index (χ0n) is 16.4. The van der Waals surface area contributed by atoms with E-state index in [0.717, 1.165) is 0 Å². The molecule has 0 radical (unpaired) electrons. The highest BCUT2D eigenvalue weighted by molar-refractivity contribution is 8.13. The number of aromatic nitrogens is 2. The highest BCUT2D eigenvalue weighted by Gasteiger charge is 2.37. The van der Waals surface area contributed by atoms with Crippen LogP contribution in [0.25, 0.3) is 0 Å². The molecule has 0 amide bonds. The van der Waals surface area contributed by atoms with Crippen molar-refractivity contribution < 1.29 is 28.4 Å². The number of nitrogens with one attached hydrogen (secondary N) is 1. The number of thioether (sulfide) groups is 1. The molecule has 10 nitrogen and oxygen atoms in total. The summed E-state index contributed by atoms with van der Waals surface area (Å²) in [5, 5.41) is 9.66. The number of aliphatic hydroxyl groups is 1. The third-order valence-corrected chi connectivity index (χ3v) is 5.89. The maximum Gasteiger partial charge on any atom is 0.330 e. The van der Waals surface area contributed by atoms with Gasteiger partial charge in [0.05, 0.1) is 32.5 Å². The molecule has 1 fully saturated rings. The summed E-state index contributed by atoms with van der Waals surface area (Å²) in [5.74, 6) is 0.619. The number of carbonyl (C=O) groups is 1. The molecule has 0 aromatic carbocycles. The molecule has 29 heavy (non-hydrogen) atoms. The molecule has 164 valence electrons. The summed E-state index contributed by atoms with van der Waals surface area (Å²) < 4.78 is 23.4. The van der Waals surface area contributed by atoms with Crippen molar-refractivity contribution in [2.24, 2.45) is 0 Å². The van der Waals surface area contributed by atoms with Gasteiger partial charge < -0.3 is 23.6 Å². The molecule has 0 spiro atoms. The van der Waals surface area contributed by atoms with Gasteiger partial charge in [-0.3, -0.25) is 19.1 Å². The van der Waals surface area contributed by atoms with Crippen LogP contribution in [-0.2, 0) is 23.3 Å². The number of nitrogens with zero attached hydrogens (tertiary/aromatic N) is 1. The molecule has 1 aliphatic rings. The molecule has 0 aliphatic carbocycles. The van der Waals surface area contributed by atoms with E-state index in [1.807, 2.05) is 6.92 Å². The largest absolute Gasteiger partial charge is 0.394 e. The number of hydrogen-bond donors (Lipinski definition) is 2. The van der Waals surface area contributed by atoms with Crippen LogP contribution in [0.2, 0.25) is 0 Å². The quantitative estimate of drug-likeness (QED) is 0.350. The first-order valence-electron chi connectivity index (χ1n) is 9.30. The summed E-state index contributed by atoms with van der Waals surface area (Å²) in [4.78, 5) is 36.9. The second-order valence-electron chi connectivity index (χ2n) is 6.30. The standard InChI is InChI=1S/C17H27N2O8PS/c1-3-15(21)29-7-6-24-4-5-25-28-27-12-8-14(26-13(12)10-20)19-9-11(2)16(22)18-17(19)23/h9,12-14,20,28H,3-8,10H2,1-2H3,(H,18,22,23)/t12-,13-,14-/m1/s1. The molecular formula is C17H27N2O8PS. The Morgan fingerprint density at radius 3 is 2.93 bits per heavy atom. The van der Waals surface area contributed by atoms with Gasteiger partial charge in [-0.2, -0.15) is 0 Å². The fourth-order valence-corrected chi connectivity index (χ4v) is 3.86. The monoisotopic (exact) mass is 450 g/mol. The number of aromatic amines is 1. The highest BCUT2D eigenvalue weighted by Crippen LogP contribution is 2.33. The Morgan fingerprint density at radius 1 is 1.41 bits per heavy atom. The average molecular weight is 450 g/mol. The van der Waals surface area contributed by atoms with Gasteiger partial charge in [-0.1, -0.05) is 18.7 Å². The topological polar surface area (TPSA) is 129 Å². The van der Waals surface area contributed by atoms with Crippen LogP contribution in [0, 0.1) is 6.92 Å². The maximum atomic E-state index is 12.0. The molecule has 1 saturated heterocycles. The first-order valence-corrected chi connectivity index (χ1v) is 11.1. The van der Waals surface area contributed by atoms with Crippen molar-refractivity contribution in [1.82, 2.24) is 9.55 Å². The molecule has 1 aliphatic heterocycles. The van der Waals surface area contributed by atoms with Crippen molar-refractivity contribution in [3.8, 4) is 0 Å². The first-order chi connectivity index (χ1) is 14.0. The lowest BCUT2D eigenvalue weighted by Gasteiger charge is -2.16. The molecule has 1 aromatic rings. The Hall–Kier alpha value is -1.07. The minimum atomic E-state index is -0.642. The van der Waals surface area contributed by atoms with E-state index in [9.17, 15) is 19.5 Å².